The molecule has 0 aliphatic carbocycles. The van der Waals surface area contributed by atoms with Gasteiger partial charge in [0.25, 0.3) is 0 Å². The molecule has 6 heteroatoms. The minimum Gasteiger partial charge on any atom is -0.256 e. The summed E-state index contributed by atoms with van der Waals surface area (Å²) in [4.78, 5) is 30.1. The SMILES string of the molecule is CCc1cnc(-c2ccc(-c3ccccc3-c3cc(-c4ccccc4-c4ccc(-c5cc(-c6ccc(-c7ccccc7-c7cc(-c8ccccc8-c8ccc(-c9cc(-c%10ccccc%10)c(CC)cn9)cc8)cc(-c8ccccc8-c8ccc(-c9cc(-c%10ccccc%10)c(CC)cn9)cc8)c7)cc6)ncn5)cc4)cc(-c4ccccc4-c4ccc(-c5cc(-c6ccccc6)c(CC)cn5)cc4)c3)cc2)cc1-c1ccccc1. The van der Waals surface area contributed by atoms with Crippen LogP contribution in [0.4, 0.5) is 0 Å². The highest BCUT2D eigenvalue weighted by molar-refractivity contribution is 5.99. The molecule has 23 aromatic rings. The molecule has 0 saturated heterocycles. The molecule has 0 amide bonds. The zero-order chi connectivity index (χ0) is 98.2. The fourth-order valence-electron chi connectivity index (χ4n) is 20.9. The molecule has 5 aromatic heterocycles. The lowest BCUT2D eigenvalue weighted by Crippen LogP contribution is -1.94. The van der Waals surface area contributed by atoms with Crippen molar-refractivity contribution in [3.05, 3.63) is 533 Å². The Morgan fingerprint density at radius 3 is 0.418 bits per heavy atom. The quantitative estimate of drug-likeness (QED) is 0.0538. The van der Waals surface area contributed by atoms with E-state index in [1.54, 1.807) is 6.33 Å². The maximum absolute atomic E-state index is 5.03. The van der Waals surface area contributed by atoms with Gasteiger partial charge in [-0.05, 0) is 293 Å². The van der Waals surface area contributed by atoms with Gasteiger partial charge in [-0.25, -0.2) is 9.97 Å². The largest absolute Gasteiger partial charge is 0.256 e. The number of hydrogen-bond acceptors (Lipinski definition) is 6. The third-order valence-corrected chi connectivity index (χ3v) is 28.7. The van der Waals surface area contributed by atoms with Crippen molar-refractivity contribution in [2.75, 3.05) is 0 Å². The summed E-state index contributed by atoms with van der Waals surface area (Å²) in [6.07, 6.45) is 13.5. The summed E-state index contributed by atoms with van der Waals surface area (Å²) in [7, 11) is 0. The van der Waals surface area contributed by atoms with E-state index in [1.807, 2.05) is 24.8 Å². The fourth-order valence-corrected chi connectivity index (χ4v) is 20.9. The molecular formula is C140H104N6. The Balaban J connectivity index is 0.566. The molecule has 23 rings (SSSR count). The van der Waals surface area contributed by atoms with E-state index in [0.717, 1.165) is 227 Å². The smallest absolute Gasteiger partial charge is 0.116 e. The predicted octanol–water partition coefficient (Wildman–Crippen LogP) is 37.0. The molecule has 0 radical (unpaired) electrons. The number of hydrogen-bond donors (Lipinski definition) is 0. The monoisotopic (exact) mass is 1870 g/mol. The second-order valence-corrected chi connectivity index (χ2v) is 37.4. The van der Waals surface area contributed by atoms with Crippen LogP contribution < -0.4 is 0 Å². The van der Waals surface area contributed by atoms with Crippen LogP contribution in [0.2, 0.25) is 0 Å². The number of benzene rings is 18. The molecule has 0 atom stereocenters. The predicted molar refractivity (Wildman–Crippen MR) is 610 cm³/mol. The van der Waals surface area contributed by atoms with Gasteiger partial charge in [0.15, 0.2) is 0 Å². The van der Waals surface area contributed by atoms with Crippen molar-refractivity contribution < 1.29 is 0 Å². The van der Waals surface area contributed by atoms with Gasteiger partial charge in [-0.1, -0.05) is 440 Å². The van der Waals surface area contributed by atoms with Gasteiger partial charge in [0, 0.05) is 58.2 Å². The number of nitrogens with zero attached hydrogens (tertiary/aromatic N) is 6. The molecule has 0 bridgehead atoms. The highest BCUT2D eigenvalue weighted by Crippen LogP contribution is 2.48. The fraction of sp³-hybridized carbons (Fsp3) is 0.0571. The van der Waals surface area contributed by atoms with Crippen LogP contribution in [0, 0.1) is 0 Å². The Hall–Kier alpha value is -18.4. The molecule has 5 heterocycles. The summed E-state index contributed by atoms with van der Waals surface area (Å²) >= 11 is 0. The molecule has 694 valence electrons. The minimum absolute atomic E-state index is 0.829. The van der Waals surface area contributed by atoms with Crippen molar-refractivity contribution in [2.45, 2.75) is 53.4 Å². The second-order valence-electron chi connectivity index (χ2n) is 37.4. The average molecular weight is 1870 g/mol. The third-order valence-electron chi connectivity index (χ3n) is 28.7. The highest BCUT2D eigenvalue weighted by Gasteiger charge is 2.24. The second kappa shape index (κ2) is 41.4. The lowest BCUT2D eigenvalue weighted by molar-refractivity contribution is 1.11. The van der Waals surface area contributed by atoms with Crippen molar-refractivity contribution in [3.63, 3.8) is 0 Å². The number of rotatable bonds is 26. The van der Waals surface area contributed by atoms with Crippen molar-refractivity contribution in [3.8, 4) is 246 Å². The van der Waals surface area contributed by atoms with Crippen LogP contribution in [0.15, 0.2) is 510 Å². The molecule has 0 N–H and O–H groups in total. The van der Waals surface area contributed by atoms with E-state index < -0.39 is 0 Å². The van der Waals surface area contributed by atoms with Gasteiger partial charge in [-0.15, -0.1) is 0 Å². The van der Waals surface area contributed by atoms with Gasteiger partial charge < -0.3 is 0 Å². The molecule has 0 aliphatic heterocycles. The van der Waals surface area contributed by atoms with E-state index in [9.17, 15) is 0 Å². The van der Waals surface area contributed by atoms with Crippen molar-refractivity contribution >= 4 is 0 Å². The number of aromatic nitrogens is 6. The van der Waals surface area contributed by atoms with E-state index >= 15 is 0 Å². The lowest BCUT2D eigenvalue weighted by Gasteiger charge is -2.18. The molecular weight excluding hydrogens is 1770 g/mol. The molecule has 18 aromatic carbocycles. The Morgan fingerprint density at radius 2 is 0.253 bits per heavy atom. The van der Waals surface area contributed by atoms with Crippen LogP contribution in [0.25, 0.3) is 246 Å². The minimum atomic E-state index is 0.829. The van der Waals surface area contributed by atoms with E-state index in [-0.39, 0.29) is 0 Å². The average Bonchev–Trinajstić information content (AvgIpc) is 0.766. The summed E-state index contributed by atoms with van der Waals surface area (Å²) in [6.45, 7) is 8.79. The van der Waals surface area contributed by atoms with Crippen molar-refractivity contribution in [1.82, 2.24) is 29.9 Å². The molecule has 0 spiro atoms. The Labute approximate surface area is 855 Å². The topological polar surface area (TPSA) is 77.3 Å². The van der Waals surface area contributed by atoms with Gasteiger partial charge in [0.2, 0.25) is 0 Å². The first-order chi connectivity index (χ1) is 72.2. The molecule has 0 unspecified atom stereocenters. The van der Waals surface area contributed by atoms with Crippen LogP contribution in [-0.2, 0) is 25.7 Å². The molecule has 0 fully saturated rings. The van der Waals surface area contributed by atoms with Crippen LogP contribution in [-0.4, -0.2) is 29.9 Å². The Morgan fingerprint density at radius 1 is 0.116 bits per heavy atom. The van der Waals surface area contributed by atoms with E-state index in [4.69, 9.17) is 29.9 Å². The standard InChI is InChI=1S/C140H104N6/c1-5-93-88-141-135(83-131(93)97-33-13-9-14-34-97)107-65-53-101(54-66-107)119-41-21-27-47-125(119)113-77-114(126-48-28-22-42-120(126)102-55-67-108(68-56-102)136-84-132(94(6-2)89-142-136)98-35-15-10-16-36-98)80-117(79-113)129-51-31-25-45-123(129)105-61-73-111(74-62-105)139-87-140(146-92-145-139)112-75-63-106(64-76-112)124-46-26-32-52-130(124)118-81-115(127-49-29-23-43-121(127)103-57-69-109(70-58-103)137-85-133(95(7-3)90-143-137)99-37-17-11-18-38-99)78-116(82-118)128-50-30-24-44-122(128)104-59-71-110(72-60-104)138-86-134(96(8-4)91-144-138)100-39-19-12-20-40-100/h9-92H,5-8H2,1-4H3. The van der Waals surface area contributed by atoms with Crippen LogP contribution in [0.1, 0.15) is 49.9 Å². The first-order valence-electron chi connectivity index (χ1n) is 50.7. The first-order valence-corrected chi connectivity index (χ1v) is 50.7. The maximum atomic E-state index is 5.03. The molecule has 0 aliphatic rings. The normalized spacial score (nSPS) is 11.3. The Kier molecular flexibility index (Phi) is 25.9. The van der Waals surface area contributed by atoms with Gasteiger partial charge >= 0.3 is 0 Å². The lowest BCUT2D eigenvalue weighted by atomic mass is 9.86. The van der Waals surface area contributed by atoms with Crippen LogP contribution in [0.3, 0.4) is 0 Å². The molecule has 146 heavy (non-hydrogen) atoms. The summed E-state index contributed by atoms with van der Waals surface area (Å²) < 4.78 is 0. The van der Waals surface area contributed by atoms with Gasteiger partial charge in [-0.2, -0.15) is 0 Å². The Bertz CT molecular complexity index is 7780. The zero-order valence-corrected chi connectivity index (χ0v) is 82.0. The molecule has 0 saturated carbocycles. The third kappa shape index (κ3) is 18.9. The highest BCUT2D eigenvalue weighted by atomic mass is 14.8. The van der Waals surface area contributed by atoms with Crippen LogP contribution in [0.5, 0.6) is 0 Å². The van der Waals surface area contributed by atoms with E-state index in [2.05, 4.69) is 507 Å². The number of pyridine rings is 4. The van der Waals surface area contributed by atoms with Gasteiger partial charge in [0.05, 0.1) is 34.2 Å². The van der Waals surface area contributed by atoms with Gasteiger partial charge in [-0.3, -0.25) is 19.9 Å². The van der Waals surface area contributed by atoms with E-state index in [1.165, 1.54) is 66.8 Å². The summed E-state index contributed by atoms with van der Waals surface area (Å²) in [5.41, 5.74) is 53.0. The maximum Gasteiger partial charge on any atom is 0.116 e. The zero-order valence-electron chi connectivity index (χ0n) is 82.0. The first kappa shape index (κ1) is 91.4. The van der Waals surface area contributed by atoms with Crippen LogP contribution >= 0.6 is 0 Å². The van der Waals surface area contributed by atoms with Crippen molar-refractivity contribution in [1.29, 1.82) is 0 Å². The molecule has 6 nitrogen and oxygen atoms in total. The van der Waals surface area contributed by atoms with E-state index in [0.29, 0.717) is 0 Å². The van der Waals surface area contributed by atoms with Gasteiger partial charge in [0.1, 0.15) is 6.33 Å². The summed E-state index contributed by atoms with van der Waals surface area (Å²) in [5.74, 6) is 0. The van der Waals surface area contributed by atoms with Crippen molar-refractivity contribution in [2.24, 2.45) is 0 Å². The number of aryl methyl sites for hydroxylation is 4. The summed E-state index contributed by atoms with van der Waals surface area (Å²) in [5, 5.41) is 0. The summed E-state index contributed by atoms with van der Waals surface area (Å²) in [6, 6.07) is 175.